The molecule has 14 heavy (non-hydrogen) atoms. The van der Waals surface area contributed by atoms with E-state index in [2.05, 4.69) is 12.0 Å². The lowest BCUT2D eigenvalue weighted by molar-refractivity contribution is -0.114. The lowest BCUT2D eigenvalue weighted by Gasteiger charge is -2.07. The fourth-order valence-electron chi connectivity index (χ4n) is 1.07. The molecule has 6 heteroatoms. The fraction of sp³-hybridized carbons (Fsp3) is 0.500. The van der Waals surface area contributed by atoms with Gasteiger partial charge in [0.1, 0.15) is 5.78 Å². The van der Waals surface area contributed by atoms with E-state index in [1.165, 1.54) is 16.7 Å². The van der Waals surface area contributed by atoms with Crippen molar-refractivity contribution in [3.63, 3.8) is 0 Å². The molecule has 1 atom stereocenters. The molecule has 0 N–H and O–H groups in total. The Hall–Kier alpha value is -0.0700. The quantitative estimate of drug-likeness (QED) is 0.747. The molecule has 0 fully saturated rings. The molecule has 76 valence electrons. The van der Waals surface area contributed by atoms with Crippen molar-refractivity contribution in [3.05, 3.63) is 11.1 Å². The number of Topliss-reactive ketones (excluding diaryl/α,β-unsaturated/α-hetero) is 1. The summed E-state index contributed by atoms with van der Waals surface area (Å²) in [5.74, 6) is 0.726. The van der Waals surface area contributed by atoms with Gasteiger partial charge in [-0.25, -0.2) is 5.01 Å². The van der Waals surface area contributed by atoms with Crippen LogP contribution in [0.5, 0.6) is 0 Å². The molecular weight excluding hydrogens is 236 g/mol. The van der Waals surface area contributed by atoms with Gasteiger partial charge in [0.25, 0.3) is 0 Å². The summed E-state index contributed by atoms with van der Waals surface area (Å²) in [5, 5.41) is 6.36. The van der Waals surface area contributed by atoms with Crippen molar-refractivity contribution >= 4 is 45.4 Å². The van der Waals surface area contributed by atoms with Crippen molar-refractivity contribution < 1.29 is 4.79 Å². The number of thioether (sulfide) groups is 3. The molecular formula is C8H10N2OS3. The van der Waals surface area contributed by atoms with Gasteiger partial charge in [0.15, 0.2) is 9.08 Å². The highest BCUT2D eigenvalue weighted by molar-refractivity contribution is 8.42. The lowest BCUT2D eigenvalue weighted by Crippen LogP contribution is -2.08. The monoisotopic (exact) mass is 246 g/mol. The third kappa shape index (κ3) is 2.29. The van der Waals surface area contributed by atoms with Gasteiger partial charge >= 0.3 is 0 Å². The van der Waals surface area contributed by atoms with Gasteiger partial charge in [-0.2, -0.15) is 5.10 Å². The third-order valence-corrected chi connectivity index (χ3v) is 5.31. The van der Waals surface area contributed by atoms with Gasteiger partial charge in [-0.1, -0.05) is 35.3 Å². The smallest absolute Gasteiger partial charge is 0.153 e. The van der Waals surface area contributed by atoms with Crippen LogP contribution in [-0.4, -0.2) is 25.6 Å². The van der Waals surface area contributed by atoms with Crippen LogP contribution >= 0.6 is 35.3 Å². The molecule has 0 radical (unpaired) electrons. The van der Waals surface area contributed by atoms with E-state index in [4.69, 9.17) is 0 Å². The van der Waals surface area contributed by atoms with Gasteiger partial charge in [0.2, 0.25) is 0 Å². The van der Waals surface area contributed by atoms with Gasteiger partial charge in [0.05, 0.1) is 5.75 Å². The normalized spacial score (nSPS) is 24.7. The molecule has 0 aromatic carbocycles. The first-order chi connectivity index (χ1) is 6.65. The molecule has 2 rings (SSSR count). The van der Waals surface area contributed by atoms with Crippen molar-refractivity contribution in [2.75, 3.05) is 5.75 Å². The maximum absolute atomic E-state index is 10.8. The number of hydrogen-bond donors (Lipinski definition) is 0. The molecule has 0 saturated heterocycles. The van der Waals surface area contributed by atoms with Crippen LogP contribution in [0.1, 0.15) is 13.8 Å². The average Bonchev–Trinajstić information content (AvgIpc) is 2.57. The number of carbonyl (C=O) groups is 1. The third-order valence-electron chi connectivity index (χ3n) is 1.61. The predicted octanol–water partition coefficient (Wildman–Crippen LogP) is 2.52. The zero-order valence-corrected chi connectivity index (χ0v) is 10.3. The highest BCUT2D eigenvalue weighted by Gasteiger charge is 2.31. The van der Waals surface area contributed by atoms with Crippen LogP contribution in [0.3, 0.4) is 0 Å². The summed E-state index contributed by atoms with van der Waals surface area (Å²) in [7, 11) is 0. The van der Waals surface area contributed by atoms with E-state index in [1.807, 2.05) is 23.0 Å². The van der Waals surface area contributed by atoms with Crippen molar-refractivity contribution in [2.45, 2.75) is 18.6 Å². The highest BCUT2D eigenvalue weighted by atomic mass is 32.2. The number of hydrazone groups is 1. The molecule has 0 saturated carbocycles. The molecule has 2 heterocycles. The van der Waals surface area contributed by atoms with Gasteiger partial charge in [0, 0.05) is 11.1 Å². The molecule has 3 nitrogen and oxygen atoms in total. The van der Waals surface area contributed by atoms with Crippen LogP contribution in [-0.2, 0) is 4.79 Å². The summed E-state index contributed by atoms with van der Waals surface area (Å²) in [4.78, 5) is 12.1. The summed E-state index contributed by atoms with van der Waals surface area (Å²) in [5.41, 5.74) is 0. The largest absolute Gasteiger partial charge is 0.299 e. The van der Waals surface area contributed by atoms with Crippen molar-refractivity contribution in [3.8, 4) is 0 Å². The van der Waals surface area contributed by atoms with E-state index < -0.39 is 0 Å². The van der Waals surface area contributed by atoms with Gasteiger partial charge in [-0.05, 0) is 13.8 Å². The molecule has 2 aliphatic rings. The van der Waals surface area contributed by atoms with Crippen molar-refractivity contribution in [1.82, 2.24) is 5.01 Å². The molecule has 0 aromatic rings. The van der Waals surface area contributed by atoms with Crippen LogP contribution in [0.25, 0.3) is 0 Å². The second kappa shape index (κ2) is 4.20. The van der Waals surface area contributed by atoms with E-state index in [0.717, 1.165) is 4.38 Å². The number of carbonyl (C=O) groups excluding carboxylic acids is 1. The van der Waals surface area contributed by atoms with E-state index in [1.54, 1.807) is 18.7 Å². The Kier molecular flexibility index (Phi) is 3.14. The number of nitrogens with zero attached hydrogens (tertiary/aromatic N) is 2. The summed E-state index contributed by atoms with van der Waals surface area (Å²) in [6, 6.07) is 0. The first-order valence-corrected chi connectivity index (χ1v) is 6.90. The van der Waals surface area contributed by atoms with Gasteiger partial charge in [-0.3, -0.25) is 4.79 Å². The first kappa shape index (κ1) is 10.4. The molecule has 0 spiro atoms. The predicted molar refractivity (Wildman–Crippen MR) is 65.1 cm³/mol. The Labute approximate surface area is 95.7 Å². The Morgan fingerprint density at radius 1 is 1.71 bits per heavy atom. The Morgan fingerprint density at radius 3 is 3.14 bits per heavy atom. The topological polar surface area (TPSA) is 32.7 Å². The van der Waals surface area contributed by atoms with E-state index >= 15 is 0 Å². The first-order valence-electron chi connectivity index (χ1n) is 4.16. The molecule has 1 unspecified atom stereocenters. The zero-order chi connectivity index (χ0) is 10.1. The average molecular weight is 246 g/mol. The molecule has 2 aliphatic heterocycles. The molecule has 0 aliphatic carbocycles. The Bertz CT molecular complexity index is 327. The van der Waals surface area contributed by atoms with Crippen molar-refractivity contribution in [1.29, 1.82) is 0 Å². The zero-order valence-electron chi connectivity index (χ0n) is 7.89. The lowest BCUT2D eigenvalue weighted by atomic mass is 10.5. The second-order valence-electron chi connectivity index (χ2n) is 3.02. The summed E-state index contributed by atoms with van der Waals surface area (Å²) < 4.78 is 1.37. The minimum atomic E-state index is 0.199. The molecule has 0 amide bonds. The summed E-state index contributed by atoms with van der Waals surface area (Å²) in [6.07, 6.45) is 2.05. The number of hydrogen-bond acceptors (Lipinski definition) is 6. The van der Waals surface area contributed by atoms with Crippen LogP contribution in [0.2, 0.25) is 0 Å². The maximum atomic E-state index is 10.8. The van der Waals surface area contributed by atoms with Crippen LogP contribution in [0.15, 0.2) is 16.2 Å². The fourth-order valence-corrected chi connectivity index (χ4v) is 4.61. The van der Waals surface area contributed by atoms with E-state index in [9.17, 15) is 4.79 Å². The standard InChI is InChI=1S/C8H10N2OS3/c1-5(11)4-12-7-9-10-3-6(2)13-8(10)14-7/h3,8H,4H2,1-2H3. The van der Waals surface area contributed by atoms with Crippen molar-refractivity contribution in [2.24, 2.45) is 5.10 Å². The number of ketones is 1. The Morgan fingerprint density at radius 2 is 2.50 bits per heavy atom. The molecule has 0 aromatic heterocycles. The Balaban J connectivity index is 1.92. The highest BCUT2D eigenvalue weighted by Crippen LogP contribution is 2.45. The minimum Gasteiger partial charge on any atom is -0.299 e. The number of rotatable bonds is 2. The van der Waals surface area contributed by atoms with Crippen LogP contribution in [0, 0.1) is 0 Å². The van der Waals surface area contributed by atoms with Crippen LogP contribution < -0.4 is 0 Å². The van der Waals surface area contributed by atoms with E-state index in [0.29, 0.717) is 10.5 Å². The SMILES string of the molecule is CC(=O)CSC1=NN2C=C(C)SC2S1. The number of allylic oxidation sites excluding steroid dienone is 1. The summed E-state index contributed by atoms with van der Waals surface area (Å²) in [6.45, 7) is 3.69. The second-order valence-corrected chi connectivity index (χ2v) is 6.94. The number of fused-ring (bicyclic) bond motifs is 1. The van der Waals surface area contributed by atoms with E-state index in [-0.39, 0.29) is 5.78 Å². The summed E-state index contributed by atoms with van der Waals surface area (Å²) >= 11 is 5.07. The molecule has 0 bridgehead atoms. The minimum absolute atomic E-state index is 0.199. The maximum Gasteiger partial charge on any atom is 0.153 e. The van der Waals surface area contributed by atoms with Crippen LogP contribution in [0.4, 0.5) is 0 Å². The van der Waals surface area contributed by atoms with Gasteiger partial charge in [-0.15, -0.1) is 0 Å². The van der Waals surface area contributed by atoms with Gasteiger partial charge < -0.3 is 0 Å².